The molecule has 1 saturated heterocycles. The van der Waals surface area contributed by atoms with Gasteiger partial charge in [-0.1, -0.05) is 11.8 Å². The minimum atomic E-state index is -0.478. The van der Waals surface area contributed by atoms with Crippen LogP contribution in [0.15, 0.2) is 18.2 Å². The Morgan fingerprint density at radius 2 is 2.40 bits per heavy atom. The molecule has 1 aliphatic heterocycles. The zero-order chi connectivity index (χ0) is 14.5. The van der Waals surface area contributed by atoms with Gasteiger partial charge in [0.15, 0.2) is 0 Å². The Balaban J connectivity index is 2.17. The maximum atomic E-state index is 13.3. The minimum Gasteiger partial charge on any atom is -0.384 e. The highest BCUT2D eigenvalue weighted by atomic mass is 19.1. The number of nitrogens with one attached hydrogen (secondary N) is 1. The third kappa shape index (κ3) is 3.56. The summed E-state index contributed by atoms with van der Waals surface area (Å²) >= 11 is 0. The molecule has 1 unspecified atom stereocenters. The van der Waals surface area contributed by atoms with Crippen LogP contribution in [0.1, 0.15) is 22.3 Å². The second-order valence-corrected chi connectivity index (χ2v) is 4.87. The highest BCUT2D eigenvalue weighted by molar-refractivity contribution is 5.97. The van der Waals surface area contributed by atoms with E-state index in [1.165, 1.54) is 18.2 Å². The largest absolute Gasteiger partial charge is 0.384 e. The molecule has 2 rings (SSSR count). The van der Waals surface area contributed by atoms with Gasteiger partial charge in [0, 0.05) is 18.2 Å². The first kappa shape index (κ1) is 14.5. The number of likely N-dealkylation sites (tertiary alicyclic amines) is 1. The van der Waals surface area contributed by atoms with E-state index in [9.17, 15) is 9.18 Å². The molecule has 1 aromatic rings. The Kier molecular flexibility index (Phi) is 4.72. The number of halogens is 1. The van der Waals surface area contributed by atoms with Crippen molar-refractivity contribution >= 4 is 5.91 Å². The molecular formula is C15H17FN2O2. The number of carbonyl (C=O) groups excluding carboxylic acids is 1. The van der Waals surface area contributed by atoms with Gasteiger partial charge in [0.25, 0.3) is 5.91 Å². The lowest BCUT2D eigenvalue weighted by Gasteiger charge is -2.13. The molecule has 0 aromatic heterocycles. The molecule has 1 aliphatic rings. The summed E-state index contributed by atoms with van der Waals surface area (Å²) in [5.41, 5.74) is 0.629. The first-order valence-corrected chi connectivity index (χ1v) is 6.49. The molecule has 0 radical (unpaired) electrons. The van der Waals surface area contributed by atoms with Crippen LogP contribution in [0.4, 0.5) is 4.39 Å². The fourth-order valence-electron chi connectivity index (χ4n) is 2.26. The Hall–Kier alpha value is -1.90. The van der Waals surface area contributed by atoms with Gasteiger partial charge >= 0.3 is 0 Å². The molecular weight excluding hydrogens is 259 g/mol. The molecule has 0 bridgehead atoms. The number of carbonyl (C=O) groups is 1. The van der Waals surface area contributed by atoms with Crippen molar-refractivity contribution in [1.29, 1.82) is 0 Å². The van der Waals surface area contributed by atoms with Gasteiger partial charge in [-0.2, -0.15) is 0 Å². The van der Waals surface area contributed by atoms with Gasteiger partial charge in [-0.25, -0.2) is 4.39 Å². The number of likely N-dealkylation sites (N-methyl/N-ethyl adjacent to an activating group) is 1. The molecule has 1 aromatic carbocycles. The van der Waals surface area contributed by atoms with Gasteiger partial charge in [0.1, 0.15) is 12.4 Å². The molecule has 5 heteroatoms. The molecule has 20 heavy (non-hydrogen) atoms. The van der Waals surface area contributed by atoms with E-state index in [1.807, 2.05) is 7.05 Å². The fourth-order valence-corrected chi connectivity index (χ4v) is 2.26. The van der Waals surface area contributed by atoms with Crippen molar-refractivity contribution in [3.05, 3.63) is 35.1 Å². The zero-order valence-electron chi connectivity index (χ0n) is 11.3. The lowest BCUT2D eigenvalue weighted by atomic mass is 10.1. The van der Waals surface area contributed by atoms with Crippen molar-refractivity contribution < 1.29 is 14.3 Å². The zero-order valence-corrected chi connectivity index (χ0v) is 11.3. The summed E-state index contributed by atoms with van der Waals surface area (Å²) in [6.45, 7) is 1.43. The third-order valence-electron chi connectivity index (χ3n) is 3.25. The second kappa shape index (κ2) is 6.51. The normalized spacial score (nSPS) is 18.4. The number of hydrogen-bond donors (Lipinski definition) is 2. The summed E-state index contributed by atoms with van der Waals surface area (Å²) in [5, 5.41) is 11.6. The van der Waals surface area contributed by atoms with Crippen LogP contribution >= 0.6 is 0 Å². The number of aliphatic hydroxyl groups is 1. The van der Waals surface area contributed by atoms with Gasteiger partial charge in [-0.05, 0) is 38.2 Å². The van der Waals surface area contributed by atoms with Gasteiger partial charge < -0.3 is 15.3 Å². The quantitative estimate of drug-likeness (QED) is 0.778. The smallest absolute Gasteiger partial charge is 0.252 e. The molecule has 1 atom stereocenters. The van der Waals surface area contributed by atoms with Gasteiger partial charge in [-0.15, -0.1) is 0 Å². The SMILES string of the molecule is CN1CCC(NC(=O)c2cc(F)ccc2C#CCO)C1. The van der Waals surface area contributed by atoms with Crippen LogP contribution in [0, 0.1) is 17.7 Å². The topological polar surface area (TPSA) is 52.6 Å². The summed E-state index contributed by atoms with van der Waals surface area (Å²) in [6.07, 6.45) is 0.884. The van der Waals surface area contributed by atoms with E-state index in [1.54, 1.807) is 0 Å². The Morgan fingerprint density at radius 3 is 3.05 bits per heavy atom. The average Bonchev–Trinajstić information content (AvgIpc) is 2.82. The lowest BCUT2D eigenvalue weighted by Crippen LogP contribution is -2.36. The lowest BCUT2D eigenvalue weighted by molar-refractivity contribution is 0.0937. The standard InChI is InChI=1S/C15H17FN2O2/c1-18-7-6-13(10-18)17-15(20)14-9-12(16)5-4-11(14)3-2-8-19/h4-5,9,13,19H,6-8,10H2,1H3,(H,17,20). The van der Waals surface area contributed by atoms with E-state index in [0.29, 0.717) is 5.56 Å². The fraction of sp³-hybridized carbons (Fsp3) is 0.400. The number of aliphatic hydroxyl groups excluding tert-OH is 1. The van der Waals surface area contributed by atoms with Crippen LogP contribution < -0.4 is 5.32 Å². The molecule has 4 nitrogen and oxygen atoms in total. The highest BCUT2D eigenvalue weighted by Gasteiger charge is 2.22. The van der Waals surface area contributed by atoms with Crippen LogP contribution in [0.25, 0.3) is 0 Å². The van der Waals surface area contributed by atoms with Crippen molar-refractivity contribution in [1.82, 2.24) is 10.2 Å². The number of benzene rings is 1. The number of hydrogen-bond acceptors (Lipinski definition) is 3. The highest BCUT2D eigenvalue weighted by Crippen LogP contribution is 2.13. The molecule has 106 valence electrons. The minimum absolute atomic E-state index is 0.0782. The first-order valence-electron chi connectivity index (χ1n) is 6.49. The third-order valence-corrected chi connectivity index (χ3v) is 3.25. The monoisotopic (exact) mass is 276 g/mol. The molecule has 1 fully saturated rings. The van der Waals surface area contributed by atoms with Crippen molar-refractivity contribution in [3.8, 4) is 11.8 Å². The first-order chi connectivity index (χ1) is 9.60. The van der Waals surface area contributed by atoms with Crippen LogP contribution in [0.3, 0.4) is 0 Å². The van der Waals surface area contributed by atoms with E-state index < -0.39 is 5.82 Å². The molecule has 0 saturated carbocycles. The molecule has 1 amide bonds. The Bertz CT molecular complexity index is 563. The predicted molar refractivity (Wildman–Crippen MR) is 73.7 cm³/mol. The van der Waals surface area contributed by atoms with Gasteiger partial charge in [0.2, 0.25) is 0 Å². The van der Waals surface area contributed by atoms with Crippen LogP contribution in [0.5, 0.6) is 0 Å². The summed E-state index contributed by atoms with van der Waals surface area (Å²) in [7, 11) is 1.99. The van der Waals surface area contributed by atoms with Crippen LogP contribution in [-0.4, -0.2) is 48.7 Å². The van der Waals surface area contributed by atoms with E-state index >= 15 is 0 Å². The Labute approximate surface area is 117 Å². The van der Waals surface area contributed by atoms with Crippen LogP contribution in [-0.2, 0) is 0 Å². The summed E-state index contributed by atoms with van der Waals surface area (Å²) in [6, 6.07) is 3.96. The molecule has 1 heterocycles. The molecule has 0 aliphatic carbocycles. The number of nitrogens with zero attached hydrogens (tertiary/aromatic N) is 1. The average molecular weight is 276 g/mol. The summed E-state index contributed by atoms with van der Waals surface area (Å²) in [4.78, 5) is 14.3. The van der Waals surface area contributed by atoms with Crippen LogP contribution in [0.2, 0.25) is 0 Å². The van der Waals surface area contributed by atoms with Crippen molar-refractivity contribution in [2.45, 2.75) is 12.5 Å². The maximum Gasteiger partial charge on any atom is 0.252 e. The summed E-state index contributed by atoms with van der Waals surface area (Å²) in [5.74, 6) is 4.34. The van der Waals surface area contributed by atoms with Crippen molar-refractivity contribution in [3.63, 3.8) is 0 Å². The summed E-state index contributed by atoms with van der Waals surface area (Å²) < 4.78 is 13.3. The van der Waals surface area contributed by atoms with E-state index in [0.717, 1.165) is 19.5 Å². The number of amides is 1. The van der Waals surface area contributed by atoms with Crippen molar-refractivity contribution in [2.75, 3.05) is 26.7 Å². The van der Waals surface area contributed by atoms with E-state index in [-0.39, 0.29) is 24.1 Å². The predicted octanol–water partition coefficient (Wildman–Crippen LogP) is 0.603. The van der Waals surface area contributed by atoms with E-state index in [2.05, 4.69) is 22.1 Å². The Morgan fingerprint density at radius 1 is 1.60 bits per heavy atom. The molecule has 0 spiro atoms. The van der Waals surface area contributed by atoms with Crippen molar-refractivity contribution in [2.24, 2.45) is 0 Å². The van der Waals surface area contributed by atoms with Gasteiger partial charge in [0.05, 0.1) is 5.56 Å². The number of rotatable bonds is 2. The maximum absolute atomic E-state index is 13.3. The van der Waals surface area contributed by atoms with E-state index in [4.69, 9.17) is 5.11 Å². The molecule has 2 N–H and O–H groups in total. The second-order valence-electron chi connectivity index (χ2n) is 4.87. The van der Waals surface area contributed by atoms with Gasteiger partial charge in [-0.3, -0.25) is 4.79 Å².